The molecule has 0 aliphatic heterocycles. The van der Waals surface area contributed by atoms with Gasteiger partial charge in [0.1, 0.15) is 18.7 Å². The molecule has 0 unspecified atom stereocenters. The zero-order valence-corrected chi connectivity index (χ0v) is 21.5. The van der Waals surface area contributed by atoms with Gasteiger partial charge in [-0.15, -0.1) is 0 Å². The smallest absolute Gasteiger partial charge is 0.408 e. The van der Waals surface area contributed by atoms with Crippen molar-refractivity contribution in [1.82, 2.24) is 15.5 Å². The number of alkyl carbamates (subject to hydrolysis) is 1. The van der Waals surface area contributed by atoms with Gasteiger partial charge in [-0.05, 0) is 37.3 Å². The first kappa shape index (κ1) is 28.6. The van der Waals surface area contributed by atoms with E-state index >= 15 is 0 Å². The molecule has 0 spiro atoms. The van der Waals surface area contributed by atoms with Gasteiger partial charge in [-0.3, -0.25) is 14.4 Å². The average molecular weight is 496 g/mol. The van der Waals surface area contributed by atoms with Gasteiger partial charge >= 0.3 is 6.09 Å². The molecule has 0 fully saturated rings. The van der Waals surface area contributed by atoms with Crippen molar-refractivity contribution in [2.24, 2.45) is 5.92 Å². The molecule has 2 N–H and O–H groups in total. The molecule has 0 aliphatic rings. The van der Waals surface area contributed by atoms with Crippen LogP contribution in [0, 0.1) is 5.92 Å². The molecule has 2 aromatic carbocycles. The highest BCUT2D eigenvalue weighted by molar-refractivity contribution is 6.38. The van der Waals surface area contributed by atoms with Crippen LogP contribution < -0.4 is 10.6 Å². The molecule has 2 atom stereocenters. The zero-order chi connectivity index (χ0) is 26.5. The van der Waals surface area contributed by atoms with Gasteiger partial charge in [-0.1, -0.05) is 74.5 Å². The highest BCUT2D eigenvalue weighted by Crippen LogP contribution is 2.10. The molecule has 2 aromatic rings. The van der Waals surface area contributed by atoms with Crippen LogP contribution in [-0.4, -0.2) is 53.8 Å². The molecule has 0 radical (unpaired) electrons. The molecule has 36 heavy (non-hydrogen) atoms. The van der Waals surface area contributed by atoms with Crippen molar-refractivity contribution in [2.75, 3.05) is 13.1 Å². The Balaban J connectivity index is 2.15. The van der Waals surface area contributed by atoms with Crippen LogP contribution in [0.25, 0.3) is 0 Å². The number of carbonyl (C=O) groups excluding carboxylic acids is 4. The minimum Gasteiger partial charge on any atom is -0.445 e. The van der Waals surface area contributed by atoms with Gasteiger partial charge in [0.05, 0.1) is 0 Å². The monoisotopic (exact) mass is 495 g/mol. The number of nitrogens with one attached hydrogen (secondary N) is 2. The molecule has 0 aromatic heterocycles. The first-order valence-electron chi connectivity index (χ1n) is 12.4. The lowest BCUT2D eigenvalue weighted by Gasteiger charge is -2.25. The Hall–Kier alpha value is -3.68. The number of ketones is 1. The number of likely N-dealkylation sites (N-methyl/N-ethyl adjacent to an activating group) is 1. The van der Waals surface area contributed by atoms with Crippen LogP contribution >= 0.6 is 0 Å². The van der Waals surface area contributed by atoms with E-state index in [0.717, 1.165) is 11.1 Å². The first-order chi connectivity index (χ1) is 17.2. The fourth-order valence-electron chi connectivity index (χ4n) is 3.76. The van der Waals surface area contributed by atoms with Crippen LogP contribution in [0.2, 0.25) is 0 Å². The van der Waals surface area contributed by atoms with Crippen molar-refractivity contribution in [3.05, 3.63) is 71.8 Å². The van der Waals surface area contributed by atoms with Gasteiger partial charge in [-0.25, -0.2) is 4.79 Å². The van der Waals surface area contributed by atoms with Crippen LogP contribution in [0.1, 0.15) is 45.2 Å². The highest BCUT2D eigenvalue weighted by Gasteiger charge is 2.32. The normalized spacial score (nSPS) is 12.4. The van der Waals surface area contributed by atoms with Crippen LogP contribution in [0.15, 0.2) is 60.7 Å². The molecule has 3 amide bonds. The van der Waals surface area contributed by atoms with Crippen molar-refractivity contribution < 1.29 is 23.9 Å². The third-order valence-electron chi connectivity index (χ3n) is 5.71. The first-order valence-corrected chi connectivity index (χ1v) is 12.4. The predicted octanol–water partition coefficient (Wildman–Crippen LogP) is 3.49. The molecule has 0 saturated heterocycles. The third kappa shape index (κ3) is 9.17. The maximum atomic E-state index is 13.3. The molecule has 8 nitrogen and oxygen atoms in total. The Labute approximate surface area is 213 Å². The summed E-state index contributed by atoms with van der Waals surface area (Å²) < 4.78 is 5.28. The molecule has 0 bridgehead atoms. The number of amides is 3. The van der Waals surface area contributed by atoms with Gasteiger partial charge in [0, 0.05) is 19.5 Å². The Morgan fingerprint density at radius 2 is 1.36 bits per heavy atom. The summed E-state index contributed by atoms with van der Waals surface area (Å²) in [6.45, 7) is 8.28. The minimum atomic E-state index is -1.06. The van der Waals surface area contributed by atoms with E-state index < -0.39 is 35.8 Å². The molecule has 0 saturated carbocycles. The van der Waals surface area contributed by atoms with Crippen molar-refractivity contribution in [3.63, 3.8) is 0 Å². The predicted molar refractivity (Wildman–Crippen MR) is 138 cm³/mol. The summed E-state index contributed by atoms with van der Waals surface area (Å²) in [6.07, 6.45) is -0.238. The Morgan fingerprint density at radius 1 is 0.806 bits per heavy atom. The van der Waals surface area contributed by atoms with E-state index in [0.29, 0.717) is 19.5 Å². The Bertz CT molecular complexity index is 991. The number of ether oxygens (including phenoxy) is 1. The summed E-state index contributed by atoms with van der Waals surface area (Å²) in [5, 5.41) is 5.35. The second kappa shape index (κ2) is 14.7. The average Bonchev–Trinajstić information content (AvgIpc) is 2.87. The second-order valence-corrected chi connectivity index (χ2v) is 8.98. The molecular formula is C28H37N3O5. The maximum absolute atomic E-state index is 13.3. The summed E-state index contributed by atoms with van der Waals surface area (Å²) >= 11 is 0. The van der Waals surface area contributed by atoms with Gasteiger partial charge in [0.2, 0.25) is 11.7 Å². The lowest BCUT2D eigenvalue weighted by Crippen LogP contribution is -2.55. The summed E-state index contributed by atoms with van der Waals surface area (Å²) in [5.74, 6) is -1.79. The summed E-state index contributed by atoms with van der Waals surface area (Å²) in [7, 11) is 0. The minimum absolute atomic E-state index is 0.0657. The number of carbonyl (C=O) groups is 4. The SMILES string of the molecule is CCN(CC)C(=O)C(=O)[C@H](Cc1ccccc1)NC(=O)[C@H](CC(C)C)NC(=O)OCc1ccccc1. The van der Waals surface area contributed by atoms with Crippen LogP contribution in [0.3, 0.4) is 0 Å². The number of hydrogen-bond acceptors (Lipinski definition) is 5. The van der Waals surface area contributed by atoms with Crippen LogP contribution in [-0.2, 0) is 32.1 Å². The number of rotatable bonds is 13. The van der Waals surface area contributed by atoms with Crippen molar-refractivity contribution >= 4 is 23.7 Å². The number of hydrogen-bond donors (Lipinski definition) is 2. The zero-order valence-electron chi connectivity index (χ0n) is 21.5. The van der Waals surface area contributed by atoms with Gasteiger partial charge < -0.3 is 20.3 Å². The van der Waals surface area contributed by atoms with E-state index in [4.69, 9.17) is 4.74 Å². The van der Waals surface area contributed by atoms with Crippen LogP contribution in [0.4, 0.5) is 4.79 Å². The van der Waals surface area contributed by atoms with E-state index in [1.807, 2.05) is 74.5 Å². The van der Waals surface area contributed by atoms with E-state index in [-0.39, 0.29) is 18.9 Å². The van der Waals surface area contributed by atoms with E-state index in [1.165, 1.54) is 4.90 Å². The summed E-state index contributed by atoms with van der Waals surface area (Å²) in [4.78, 5) is 53.1. The van der Waals surface area contributed by atoms with Gasteiger partial charge in [-0.2, -0.15) is 0 Å². The fraction of sp³-hybridized carbons (Fsp3) is 0.429. The molecular weight excluding hydrogens is 458 g/mol. The summed E-state index contributed by atoms with van der Waals surface area (Å²) in [5.41, 5.74) is 1.63. The molecule has 0 heterocycles. The standard InChI is InChI=1S/C28H37N3O5/c1-5-31(6-2)27(34)25(32)23(18-21-13-9-7-10-14-21)29-26(33)24(17-20(3)4)30-28(35)36-19-22-15-11-8-12-16-22/h7-16,20,23-24H,5-6,17-19H2,1-4H3,(H,29,33)(H,30,35)/t23-,24-/m0/s1. The Kier molecular flexibility index (Phi) is 11.6. The van der Waals surface area contributed by atoms with Crippen molar-refractivity contribution in [1.29, 1.82) is 0 Å². The van der Waals surface area contributed by atoms with Gasteiger partial charge in [0.25, 0.3) is 5.91 Å². The molecule has 2 rings (SSSR count). The fourth-order valence-corrected chi connectivity index (χ4v) is 3.76. The molecule has 8 heteroatoms. The van der Waals surface area contributed by atoms with E-state index in [1.54, 1.807) is 13.8 Å². The lowest BCUT2D eigenvalue weighted by atomic mass is 9.99. The van der Waals surface area contributed by atoms with Crippen molar-refractivity contribution in [3.8, 4) is 0 Å². The highest BCUT2D eigenvalue weighted by atomic mass is 16.5. The Morgan fingerprint density at radius 3 is 1.89 bits per heavy atom. The van der Waals surface area contributed by atoms with Crippen LogP contribution in [0.5, 0.6) is 0 Å². The largest absolute Gasteiger partial charge is 0.445 e. The third-order valence-corrected chi connectivity index (χ3v) is 5.71. The molecule has 194 valence electrons. The quantitative estimate of drug-likeness (QED) is 0.414. The number of benzene rings is 2. The second-order valence-electron chi connectivity index (χ2n) is 8.98. The number of Topliss-reactive ketones (excluding diaryl/α,β-unsaturated/α-hetero) is 1. The lowest BCUT2D eigenvalue weighted by molar-refractivity contribution is -0.146. The maximum Gasteiger partial charge on any atom is 0.408 e. The summed E-state index contributed by atoms with van der Waals surface area (Å²) in [6, 6.07) is 16.4. The molecule has 0 aliphatic carbocycles. The van der Waals surface area contributed by atoms with Crippen molar-refractivity contribution in [2.45, 2.75) is 59.2 Å². The van der Waals surface area contributed by atoms with E-state index in [2.05, 4.69) is 10.6 Å². The topological polar surface area (TPSA) is 105 Å². The van der Waals surface area contributed by atoms with E-state index in [9.17, 15) is 19.2 Å². The number of nitrogens with zero attached hydrogens (tertiary/aromatic N) is 1. The van der Waals surface area contributed by atoms with Gasteiger partial charge in [0.15, 0.2) is 0 Å².